The van der Waals surface area contributed by atoms with E-state index in [0.29, 0.717) is 5.92 Å². The molecule has 0 radical (unpaired) electrons. The lowest BCUT2D eigenvalue weighted by Gasteiger charge is -2.29. The lowest BCUT2D eigenvalue weighted by molar-refractivity contribution is 0.566. The van der Waals surface area contributed by atoms with Gasteiger partial charge < -0.3 is 5.32 Å². The number of nitrogens with zero attached hydrogens (tertiary/aromatic N) is 1. The average molecular weight is 212 g/mol. The van der Waals surface area contributed by atoms with Crippen LogP contribution in [0.4, 0.5) is 0 Å². The first-order valence-electron chi connectivity index (χ1n) is 5.96. The fraction of sp³-hybridized carbons (Fsp3) is 0.357. The summed E-state index contributed by atoms with van der Waals surface area (Å²) in [6.07, 6.45) is 11.9. The summed E-state index contributed by atoms with van der Waals surface area (Å²) in [6.45, 7) is 1.05. The highest BCUT2D eigenvalue weighted by Crippen LogP contribution is 2.32. The van der Waals surface area contributed by atoms with Crippen LogP contribution < -0.4 is 5.32 Å². The normalized spacial score (nSPS) is 23.9. The van der Waals surface area contributed by atoms with Crippen molar-refractivity contribution in [2.24, 2.45) is 0 Å². The first-order valence-corrected chi connectivity index (χ1v) is 5.96. The van der Waals surface area contributed by atoms with E-state index in [4.69, 9.17) is 0 Å². The van der Waals surface area contributed by atoms with Crippen LogP contribution in [0.1, 0.15) is 30.7 Å². The van der Waals surface area contributed by atoms with Gasteiger partial charge in [0, 0.05) is 30.6 Å². The lowest BCUT2D eigenvalue weighted by Crippen LogP contribution is -2.28. The summed E-state index contributed by atoms with van der Waals surface area (Å²) in [6, 6.07) is 4.27. The summed E-state index contributed by atoms with van der Waals surface area (Å²) < 4.78 is 0. The highest BCUT2D eigenvalue weighted by molar-refractivity contribution is 5.33. The smallest absolute Gasteiger partial charge is 0.0329 e. The van der Waals surface area contributed by atoms with Crippen LogP contribution in [-0.4, -0.2) is 11.5 Å². The van der Waals surface area contributed by atoms with Crippen molar-refractivity contribution in [1.29, 1.82) is 0 Å². The molecule has 2 aliphatic rings. The first kappa shape index (κ1) is 9.64. The molecule has 3 rings (SSSR count). The van der Waals surface area contributed by atoms with Crippen molar-refractivity contribution in [2.75, 3.05) is 6.54 Å². The third-order valence-electron chi connectivity index (χ3n) is 3.49. The van der Waals surface area contributed by atoms with E-state index in [1.807, 2.05) is 12.4 Å². The number of allylic oxidation sites excluding steroid dienone is 3. The van der Waals surface area contributed by atoms with Crippen LogP contribution in [0.15, 0.2) is 47.9 Å². The molecule has 0 bridgehead atoms. The Kier molecular flexibility index (Phi) is 2.49. The van der Waals surface area contributed by atoms with E-state index in [-0.39, 0.29) is 0 Å². The predicted molar refractivity (Wildman–Crippen MR) is 65.0 cm³/mol. The van der Waals surface area contributed by atoms with E-state index in [0.717, 1.165) is 6.54 Å². The molecular formula is C14H16N2. The zero-order valence-corrected chi connectivity index (χ0v) is 9.32. The number of pyridine rings is 1. The Hall–Kier alpha value is -1.57. The summed E-state index contributed by atoms with van der Waals surface area (Å²) in [5.41, 5.74) is 4.37. The topological polar surface area (TPSA) is 24.9 Å². The van der Waals surface area contributed by atoms with Crippen LogP contribution in [0.3, 0.4) is 0 Å². The Balaban J connectivity index is 1.83. The minimum atomic E-state index is 0.619. The minimum absolute atomic E-state index is 0.619. The van der Waals surface area contributed by atoms with Gasteiger partial charge in [0.25, 0.3) is 0 Å². The molecule has 82 valence electrons. The van der Waals surface area contributed by atoms with E-state index >= 15 is 0 Å². The monoisotopic (exact) mass is 212 g/mol. The van der Waals surface area contributed by atoms with Crippen LogP contribution in [-0.2, 0) is 0 Å². The van der Waals surface area contributed by atoms with Crippen molar-refractivity contribution in [2.45, 2.75) is 25.2 Å². The standard InChI is InChI=1S/C14H16N2/c1-2-4-14-12(3-1)9-13(10-16-14)11-5-7-15-8-6-11/h2,4-8,13,16H,1,3,9-10H2. The molecule has 16 heavy (non-hydrogen) atoms. The Bertz CT molecular complexity index is 431. The Morgan fingerprint density at radius 3 is 3.00 bits per heavy atom. The van der Waals surface area contributed by atoms with E-state index in [1.54, 1.807) is 5.57 Å². The molecule has 1 atom stereocenters. The second kappa shape index (κ2) is 4.12. The van der Waals surface area contributed by atoms with Crippen molar-refractivity contribution in [3.8, 4) is 0 Å². The largest absolute Gasteiger partial charge is 0.384 e. The van der Waals surface area contributed by atoms with Crippen LogP contribution in [0, 0.1) is 0 Å². The molecule has 2 heteroatoms. The van der Waals surface area contributed by atoms with Gasteiger partial charge in [0.05, 0.1) is 0 Å². The molecular weight excluding hydrogens is 196 g/mol. The van der Waals surface area contributed by atoms with Crippen molar-refractivity contribution in [1.82, 2.24) is 10.3 Å². The molecule has 2 nitrogen and oxygen atoms in total. The summed E-state index contributed by atoms with van der Waals surface area (Å²) in [4.78, 5) is 4.08. The zero-order chi connectivity index (χ0) is 10.8. The lowest BCUT2D eigenvalue weighted by atomic mass is 9.85. The molecule has 0 saturated carbocycles. The molecule has 0 aromatic carbocycles. The molecule has 1 aromatic heterocycles. The first-order chi connectivity index (χ1) is 7.93. The maximum atomic E-state index is 4.08. The summed E-state index contributed by atoms with van der Waals surface area (Å²) >= 11 is 0. The molecule has 0 spiro atoms. The number of nitrogens with one attached hydrogen (secondary N) is 1. The maximum Gasteiger partial charge on any atom is 0.0329 e. The number of rotatable bonds is 1. The molecule has 0 fully saturated rings. The van der Waals surface area contributed by atoms with Crippen molar-refractivity contribution in [3.05, 3.63) is 53.5 Å². The summed E-state index contributed by atoms with van der Waals surface area (Å²) in [5, 5.41) is 3.54. The molecule has 0 amide bonds. The maximum absolute atomic E-state index is 4.08. The quantitative estimate of drug-likeness (QED) is 0.774. The van der Waals surface area contributed by atoms with Gasteiger partial charge in [-0.1, -0.05) is 6.08 Å². The number of hydrogen-bond donors (Lipinski definition) is 1. The molecule has 1 aliphatic carbocycles. The van der Waals surface area contributed by atoms with Gasteiger partial charge in [0.15, 0.2) is 0 Å². The van der Waals surface area contributed by atoms with Gasteiger partial charge in [-0.25, -0.2) is 0 Å². The van der Waals surface area contributed by atoms with Gasteiger partial charge >= 0.3 is 0 Å². The third-order valence-corrected chi connectivity index (χ3v) is 3.49. The van der Waals surface area contributed by atoms with Gasteiger partial charge in [0.2, 0.25) is 0 Å². The summed E-state index contributed by atoms with van der Waals surface area (Å²) in [7, 11) is 0. The predicted octanol–water partition coefficient (Wildman–Crippen LogP) is 2.76. The van der Waals surface area contributed by atoms with E-state index < -0.39 is 0 Å². The van der Waals surface area contributed by atoms with Crippen LogP contribution in [0.2, 0.25) is 0 Å². The second-order valence-electron chi connectivity index (χ2n) is 4.52. The molecule has 1 aliphatic heterocycles. The van der Waals surface area contributed by atoms with Gasteiger partial charge in [-0.2, -0.15) is 0 Å². The highest BCUT2D eigenvalue weighted by Gasteiger charge is 2.21. The van der Waals surface area contributed by atoms with Gasteiger partial charge in [-0.15, -0.1) is 0 Å². The fourth-order valence-corrected chi connectivity index (χ4v) is 2.58. The number of aromatic nitrogens is 1. The van der Waals surface area contributed by atoms with E-state index in [1.165, 1.54) is 30.5 Å². The highest BCUT2D eigenvalue weighted by atomic mass is 14.9. The van der Waals surface area contributed by atoms with Gasteiger partial charge in [-0.05, 0) is 48.6 Å². The van der Waals surface area contributed by atoms with Crippen LogP contribution >= 0.6 is 0 Å². The fourth-order valence-electron chi connectivity index (χ4n) is 2.58. The minimum Gasteiger partial charge on any atom is -0.384 e. The molecule has 1 N–H and O–H groups in total. The van der Waals surface area contributed by atoms with Gasteiger partial charge in [-0.3, -0.25) is 4.98 Å². The van der Waals surface area contributed by atoms with Gasteiger partial charge in [0.1, 0.15) is 0 Å². The van der Waals surface area contributed by atoms with Crippen LogP contribution in [0.25, 0.3) is 0 Å². The SMILES string of the molecule is C1=CC2=C(CC1)CC(c1ccncc1)CN2. The molecule has 1 unspecified atom stereocenters. The Morgan fingerprint density at radius 2 is 2.12 bits per heavy atom. The van der Waals surface area contributed by atoms with Crippen molar-refractivity contribution < 1.29 is 0 Å². The molecule has 2 heterocycles. The average Bonchev–Trinajstić information content (AvgIpc) is 2.39. The third kappa shape index (κ3) is 1.75. The Morgan fingerprint density at radius 1 is 1.25 bits per heavy atom. The summed E-state index contributed by atoms with van der Waals surface area (Å²) in [5.74, 6) is 0.619. The Labute approximate surface area is 96.1 Å². The van der Waals surface area contributed by atoms with E-state index in [2.05, 4.69) is 34.6 Å². The zero-order valence-electron chi connectivity index (χ0n) is 9.32. The second-order valence-corrected chi connectivity index (χ2v) is 4.52. The molecule has 1 aromatic rings. The number of hydrogen-bond acceptors (Lipinski definition) is 2. The van der Waals surface area contributed by atoms with Crippen molar-refractivity contribution >= 4 is 0 Å². The molecule has 0 saturated heterocycles. The van der Waals surface area contributed by atoms with Crippen molar-refractivity contribution in [3.63, 3.8) is 0 Å². The van der Waals surface area contributed by atoms with E-state index in [9.17, 15) is 0 Å². The van der Waals surface area contributed by atoms with Crippen LogP contribution in [0.5, 0.6) is 0 Å².